The van der Waals surface area contributed by atoms with Crippen LogP contribution in [0.2, 0.25) is 0 Å². The molecule has 1 heterocycles. The number of nitrogens with one attached hydrogen (secondary N) is 1. The van der Waals surface area contributed by atoms with Gasteiger partial charge in [-0.1, -0.05) is 6.92 Å². The molecule has 5 unspecified atom stereocenters. The predicted molar refractivity (Wildman–Crippen MR) is 91.3 cm³/mol. The summed E-state index contributed by atoms with van der Waals surface area (Å²) in [5.74, 6) is 1.62. The summed E-state index contributed by atoms with van der Waals surface area (Å²) in [6.07, 6.45) is 2.80. The van der Waals surface area contributed by atoms with Crippen LogP contribution in [-0.2, 0) is 4.74 Å². The smallest absolute Gasteiger partial charge is 0.410 e. The summed E-state index contributed by atoms with van der Waals surface area (Å²) in [5.41, 5.74) is -0.428. The maximum atomic E-state index is 12.2. The van der Waals surface area contributed by atoms with Crippen molar-refractivity contribution in [3.63, 3.8) is 0 Å². The van der Waals surface area contributed by atoms with Gasteiger partial charge in [0.25, 0.3) is 0 Å². The largest absolute Gasteiger partial charge is 0.444 e. The van der Waals surface area contributed by atoms with Crippen molar-refractivity contribution >= 4 is 6.09 Å². The molecule has 0 aromatic rings. The van der Waals surface area contributed by atoms with Gasteiger partial charge in [0, 0.05) is 19.1 Å². The fraction of sp³-hybridized carbons (Fsp3) is 0.944. The van der Waals surface area contributed by atoms with Crippen molar-refractivity contribution in [1.82, 2.24) is 10.2 Å². The number of fused-ring (bicyclic) bond motifs is 1. The van der Waals surface area contributed by atoms with E-state index < -0.39 is 5.60 Å². The molecule has 2 fully saturated rings. The number of rotatable bonds is 5. The van der Waals surface area contributed by atoms with E-state index in [1.807, 2.05) is 32.6 Å². The Bertz CT molecular complexity index is 406. The summed E-state index contributed by atoms with van der Waals surface area (Å²) in [5, 5.41) is 13.1. The first-order valence-electron chi connectivity index (χ1n) is 9.05. The molecule has 1 aliphatic heterocycles. The lowest BCUT2D eigenvalue weighted by molar-refractivity contribution is 0.0278. The van der Waals surface area contributed by atoms with Gasteiger partial charge in [-0.25, -0.2) is 4.79 Å². The summed E-state index contributed by atoms with van der Waals surface area (Å²) < 4.78 is 5.50. The first-order valence-corrected chi connectivity index (χ1v) is 9.05. The van der Waals surface area contributed by atoms with E-state index >= 15 is 0 Å². The van der Waals surface area contributed by atoms with Crippen LogP contribution >= 0.6 is 0 Å². The Morgan fingerprint density at radius 1 is 1.30 bits per heavy atom. The molecule has 1 saturated carbocycles. The number of aliphatic hydroxyl groups excluding tert-OH is 1. The SMILES string of the molecule is CC(O)CC(C)CNC1CCC2CN(C(=O)OC(C)(C)C)CC21. The standard InChI is InChI=1S/C18H34N2O3/c1-12(8-13(2)21)9-19-16-7-6-14-10-20(11-15(14)16)17(22)23-18(3,4)5/h12-16,19,21H,6-11H2,1-5H3. The van der Waals surface area contributed by atoms with E-state index in [-0.39, 0.29) is 12.2 Å². The Morgan fingerprint density at radius 3 is 2.61 bits per heavy atom. The van der Waals surface area contributed by atoms with Crippen LogP contribution in [0.15, 0.2) is 0 Å². The van der Waals surface area contributed by atoms with E-state index in [2.05, 4.69) is 12.2 Å². The maximum Gasteiger partial charge on any atom is 0.410 e. The molecule has 0 aromatic carbocycles. The highest BCUT2D eigenvalue weighted by atomic mass is 16.6. The molecule has 23 heavy (non-hydrogen) atoms. The van der Waals surface area contributed by atoms with Crippen molar-refractivity contribution in [2.45, 2.75) is 71.6 Å². The first kappa shape index (κ1) is 18.5. The average Bonchev–Trinajstić information content (AvgIpc) is 2.93. The van der Waals surface area contributed by atoms with Gasteiger partial charge >= 0.3 is 6.09 Å². The fourth-order valence-electron chi connectivity index (χ4n) is 4.01. The van der Waals surface area contributed by atoms with E-state index in [0.717, 1.165) is 26.1 Å². The van der Waals surface area contributed by atoms with E-state index in [1.54, 1.807) is 0 Å². The molecule has 134 valence electrons. The molecule has 5 heteroatoms. The van der Waals surface area contributed by atoms with Gasteiger partial charge in [-0.15, -0.1) is 0 Å². The lowest BCUT2D eigenvalue weighted by Gasteiger charge is -2.26. The van der Waals surface area contributed by atoms with Crippen molar-refractivity contribution < 1.29 is 14.6 Å². The lowest BCUT2D eigenvalue weighted by atomic mass is 9.97. The predicted octanol–water partition coefficient (Wildman–Crippen LogP) is 2.63. The molecule has 1 amide bonds. The molecule has 1 saturated heterocycles. The van der Waals surface area contributed by atoms with Crippen LogP contribution in [0.25, 0.3) is 0 Å². The van der Waals surface area contributed by atoms with Crippen molar-refractivity contribution in [1.29, 1.82) is 0 Å². The summed E-state index contributed by atoms with van der Waals surface area (Å²) >= 11 is 0. The van der Waals surface area contributed by atoms with E-state index in [1.165, 1.54) is 12.8 Å². The van der Waals surface area contributed by atoms with Gasteiger partial charge in [0.05, 0.1) is 6.10 Å². The number of nitrogens with zero attached hydrogens (tertiary/aromatic N) is 1. The van der Waals surface area contributed by atoms with Gasteiger partial charge in [-0.05, 0) is 71.3 Å². The molecule has 5 atom stereocenters. The molecular formula is C18H34N2O3. The quantitative estimate of drug-likeness (QED) is 0.815. The van der Waals surface area contributed by atoms with Crippen LogP contribution in [0.1, 0.15) is 53.9 Å². The minimum atomic E-state index is -0.428. The highest BCUT2D eigenvalue weighted by molar-refractivity contribution is 5.68. The lowest BCUT2D eigenvalue weighted by Crippen LogP contribution is -2.40. The van der Waals surface area contributed by atoms with Crippen LogP contribution in [0.3, 0.4) is 0 Å². The van der Waals surface area contributed by atoms with Crippen molar-refractivity contribution in [2.75, 3.05) is 19.6 Å². The first-order chi connectivity index (χ1) is 10.7. The second-order valence-corrected chi connectivity index (χ2v) is 8.59. The number of aliphatic hydroxyl groups is 1. The van der Waals surface area contributed by atoms with Crippen LogP contribution in [-0.4, -0.2) is 53.5 Å². The monoisotopic (exact) mass is 326 g/mol. The van der Waals surface area contributed by atoms with E-state index in [0.29, 0.717) is 23.8 Å². The van der Waals surface area contributed by atoms with E-state index in [9.17, 15) is 9.90 Å². The zero-order chi connectivity index (χ0) is 17.2. The molecule has 0 aromatic heterocycles. The van der Waals surface area contributed by atoms with Crippen molar-refractivity contribution in [3.8, 4) is 0 Å². The molecule has 1 aliphatic carbocycles. The van der Waals surface area contributed by atoms with Crippen LogP contribution in [0, 0.1) is 17.8 Å². The van der Waals surface area contributed by atoms with Crippen LogP contribution in [0.5, 0.6) is 0 Å². The van der Waals surface area contributed by atoms with Gasteiger partial charge in [0.2, 0.25) is 0 Å². The third-order valence-corrected chi connectivity index (χ3v) is 4.98. The highest BCUT2D eigenvalue weighted by Crippen LogP contribution is 2.38. The van der Waals surface area contributed by atoms with E-state index in [4.69, 9.17) is 4.74 Å². The zero-order valence-electron chi connectivity index (χ0n) is 15.3. The summed E-state index contributed by atoms with van der Waals surface area (Å²) in [6.45, 7) is 12.3. The average molecular weight is 326 g/mol. The Kier molecular flexibility index (Phi) is 5.95. The number of carbonyl (C=O) groups excluding carboxylic acids is 1. The summed E-state index contributed by atoms with van der Waals surface area (Å²) in [7, 11) is 0. The van der Waals surface area contributed by atoms with Gasteiger partial charge in [0.1, 0.15) is 5.60 Å². The van der Waals surface area contributed by atoms with Gasteiger partial charge in [-0.3, -0.25) is 0 Å². The number of carbonyl (C=O) groups is 1. The van der Waals surface area contributed by atoms with Crippen molar-refractivity contribution in [2.24, 2.45) is 17.8 Å². The number of likely N-dealkylation sites (tertiary alicyclic amines) is 1. The molecule has 2 aliphatic rings. The molecule has 0 spiro atoms. The Morgan fingerprint density at radius 2 is 2.00 bits per heavy atom. The van der Waals surface area contributed by atoms with Gasteiger partial charge in [0.15, 0.2) is 0 Å². The highest BCUT2D eigenvalue weighted by Gasteiger charge is 2.44. The minimum Gasteiger partial charge on any atom is -0.444 e. The number of ether oxygens (including phenoxy) is 1. The maximum absolute atomic E-state index is 12.2. The molecule has 2 N–H and O–H groups in total. The van der Waals surface area contributed by atoms with Crippen LogP contribution < -0.4 is 5.32 Å². The van der Waals surface area contributed by atoms with Crippen LogP contribution in [0.4, 0.5) is 4.79 Å². The second kappa shape index (κ2) is 7.39. The molecular weight excluding hydrogens is 292 g/mol. The zero-order valence-corrected chi connectivity index (χ0v) is 15.3. The number of amides is 1. The fourth-order valence-corrected chi connectivity index (χ4v) is 4.01. The molecule has 2 rings (SSSR count). The second-order valence-electron chi connectivity index (χ2n) is 8.59. The Balaban J connectivity index is 1.81. The Hall–Kier alpha value is -0.810. The molecule has 5 nitrogen and oxygen atoms in total. The van der Waals surface area contributed by atoms with Gasteiger partial charge < -0.3 is 20.1 Å². The Labute approximate surface area is 140 Å². The third-order valence-electron chi connectivity index (χ3n) is 4.98. The van der Waals surface area contributed by atoms with Crippen molar-refractivity contribution in [3.05, 3.63) is 0 Å². The number of hydrogen-bond donors (Lipinski definition) is 2. The third kappa shape index (κ3) is 5.35. The summed E-state index contributed by atoms with van der Waals surface area (Å²) in [4.78, 5) is 14.1. The topological polar surface area (TPSA) is 61.8 Å². The molecule has 0 bridgehead atoms. The number of hydrogen-bond acceptors (Lipinski definition) is 4. The van der Waals surface area contributed by atoms with Gasteiger partial charge in [-0.2, -0.15) is 0 Å². The molecule has 0 radical (unpaired) electrons. The summed E-state index contributed by atoms with van der Waals surface area (Å²) in [6, 6.07) is 0.490. The minimum absolute atomic E-state index is 0.173. The normalized spacial score (nSPS) is 30.2.